The highest BCUT2D eigenvalue weighted by molar-refractivity contribution is 5.96. The van der Waals surface area contributed by atoms with E-state index in [4.69, 9.17) is 14.9 Å². The van der Waals surface area contributed by atoms with Crippen LogP contribution in [-0.2, 0) is 0 Å². The summed E-state index contributed by atoms with van der Waals surface area (Å²) in [5.41, 5.74) is 10.8. The van der Waals surface area contributed by atoms with Crippen molar-refractivity contribution < 1.29 is 13.9 Å². The first-order valence-electron chi connectivity index (χ1n) is 10.8. The van der Waals surface area contributed by atoms with E-state index in [-0.39, 0.29) is 0 Å². The minimum absolute atomic E-state index is 0.375. The first kappa shape index (κ1) is 20.8. The molecule has 8 nitrogen and oxygen atoms in total. The maximum atomic E-state index is 11.6. The molecule has 5 rings (SSSR count). The summed E-state index contributed by atoms with van der Waals surface area (Å²) in [4.78, 5) is 18.5. The maximum absolute atomic E-state index is 11.6. The predicted octanol–water partition coefficient (Wildman–Crippen LogP) is 3.76. The Morgan fingerprint density at radius 3 is 2.73 bits per heavy atom. The fourth-order valence-electron chi connectivity index (χ4n) is 4.12. The number of piperazine rings is 1. The Hall–Kier alpha value is -4.04. The highest BCUT2D eigenvalue weighted by Gasteiger charge is 2.17. The molecule has 1 aromatic heterocycles. The predicted molar refractivity (Wildman–Crippen MR) is 129 cm³/mol. The number of carbonyl (C=O) groups excluding carboxylic acids is 1. The summed E-state index contributed by atoms with van der Waals surface area (Å²) in [7, 11) is 1.68. The zero-order valence-electron chi connectivity index (χ0n) is 18.3. The van der Waals surface area contributed by atoms with Crippen LogP contribution in [0.5, 0.6) is 5.75 Å². The number of nitrogens with one attached hydrogen (secondary N) is 2. The van der Waals surface area contributed by atoms with Crippen LogP contribution in [0.2, 0.25) is 0 Å². The second-order valence-electron chi connectivity index (χ2n) is 7.87. The number of para-hydroxylation sites is 1. The van der Waals surface area contributed by atoms with Gasteiger partial charge in [0.1, 0.15) is 11.3 Å². The molecule has 4 aromatic rings. The van der Waals surface area contributed by atoms with Crippen molar-refractivity contribution in [2.45, 2.75) is 0 Å². The smallest absolute Gasteiger partial charge is 0.300 e. The first-order valence-corrected chi connectivity index (χ1v) is 10.8. The van der Waals surface area contributed by atoms with E-state index in [0.29, 0.717) is 22.7 Å². The summed E-state index contributed by atoms with van der Waals surface area (Å²) in [6.45, 7) is 3.79. The van der Waals surface area contributed by atoms with Gasteiger partial charge in [0.15, 0.2) is 5.58 Å². The minimum atomic E-state index is -0.470. The molecule has 33 heavy (non-hydrogen) atoms. The number of benzene rings is 3. The van der Waals surface area contributed by atoms with Crippen LogP contribution in [0.1, 0.15) is 10.4 Å². The molecule has 4 N–H and O–H groups in total. The van der Waals surface area contributed by atoms with Gasteiger partial charge < -0.3 is 30.4 Å². The summed E-state index contributed by atoms with van der Waals surface area (Å²) in [6, 6.07) is 19.3. The third-order valence-corrected chi connectivity index (χ3v) is 5.76. The van der Waals surface area contributed by atoms with Gasteiger partial charge in [0, 0.05) is 49.1 Å². The number of anilines is 3. The normalized spacial score (nSPS) is 13.8. The average Bonchev–Trinajstić information content (AvgIpc) is 3.27. The number of hydrogen-bond donors (Lipinski definition) is 3. The number of amides is 1. The topological polar surface area (TPSA) is 106 Å². The lowest BCUT2D eigenvalue weighted by Gasteiger charge is -2.30. The molecular formula is C25H25N5O3. The SMILES string of the molecule is COc1cc(Nc2nc3cccc(-c4cccc(C(N)=O)c4)c3o2)ccc1N1CCNCC1. The first-order chi connectivity index (χ1) is 16.1. The van der Waals surface area contributed by atoms with Gasteiger partial charge in [-0.15, -0.1) is 0 Å². The number of oxazole rings is 1. The van der Waals surface area contributed by atoms with Crippen molar-refractivity contribution in [2.75, 3.05) is 43.5 Å². The molecule has 1 aliphatic rings. The number of nitrogens with zero attached hydrogens (tertiary/aromatic N) is 2. The van der Waals surface area contributed by atoms with E-state index in [9.17, 15) is 4.79 Å². The lowest BCUT2D eigenvalue weighted by Crippen LogP contribution is -2.43. The monoisotopic (exact) mass is 443 g/mol. The fraction of sp³-hybridized carbons (Fsp3) is 0.200. The zero-order chi connectivity index (χ0) is 22.8. The van der Waals surface area contributed by atoms with Gasteiger partial charge in [-0.2, -0.15) is 4.98 Å². The van der Waals surface area contributed by atoms with Crippen molar-refractivity contribution in [3.05, 3.63) is 66.2 Å². The second-order valence-corrected chi connectivity index (χ2v) is 7.87. The van der Waals surface area contributed by atoms with Crippen LogP contribution >= 0.6 is 0 Å². The van der Waals surface area contributed by atoms with Crippen LogP contribution in [0.25, 0.3) is 22.2 Å². The van der Waals surface area contributed by atoms with Crippen molar-refractivity contribution in [3.63, 3.8) is 0 Å². The van der Waals surface area contributed by atoms with E-state index in [0.717, 1.165) is 54.4 Å². The molecule has 0 unspecified atom stereocenters. The van der Waals surface area contributed by atoms with E-state index in [1.54, 1.807) is 25.3 Å². The van der Waals surface area contributed by atoms with Gasteiger partial charge in [0.25, 0.3) is 6.01 Å². The van der Waals surface area contributed by atoms with Crippen molar-refractivity contribution in [1.82, 2.24) is 10.3 Å². The highest BCUT2D eigenvalue weighted by atomic mass is 16.5. The molecule has 3 aromatic carbocycles. The Bertz CT molecular complexity index is 1310. The summed E-state index contributed by atoms with van der Waals surface area (Å²) in [6.07, 6.45) is 0. The number of carbonyl (C=O) groups is 1. The number of ether oxygens (including phenoxy) is 1. The number of rotatable bonds is 6. The molecule has 168 valence electrons. The molecule has 2 heterocycles. The summed E-state index contributed by atoms with van der Waals surface area (Å²) >= 11 is 0. The van der Waals surface area contributed by atoms with Crippen molar-refractivity contribution in [3.8, 4) is 16.9 Å². The lowest BCUT2D eigenvalue weighted by atomic mass is 10.0. The molecule has 1 amide bonds. The van der Waals surface area contributed by atoms with Crippen LogP contribution in [0, 0.1) is 0 Å². The molecule has 0 saturated carbocycles. The number of aromatic nitrogens is 1. The fourth-order valence-corrected chi connectivity index (χ4v) is 4.12. The Balaban J connectivity index is 1.45. The quantitative estimate of drug-likeness (QED) is 0.417. The number of primary amides is 1. The van der Waals surface area contributed by atoms with Crippen LogP contribution in [0.15, 0.2) is 65.1 Å². The molecule has 0 atom stereocenters. The Morgan fingerprint density at radius 1 is 1.12 bits per heavy atom. The molecule has 0 bridgehead atoms. The summed E-state index contributed by atoms with van der Waals surface area (Å²) in [5.74, 6) is 0.323. The van der Waals surface area contributed by atoms with Crippen molar-refractivity contribution in [2.24, 2.45) is 5.73 Å². The summed E-state index contributed by atoms with van der Waals surface area (Å²) in [5, 5.41) is 6.61. The van der Waals surface area contributed by atoms with E-state index in [2.05, 4.69) is 26.6 Å². The van der Waals surface area contributed by atoms with Crippen LogP contribution in [-0.4, -0.2) is 44.2 Å². The molecule has 0 aliphatic carbocycles. The third-order valence-electron chi connectivity index (χ3n) is 5.76. The molecular weight excluding hydrogens is 418 g/mol. The molecule has 8 heteroatoms. The number of hydrogen-bond acceptors (Lipinski definition) is 7. The van der Waals surface area contributed by atoms with Gasteiger partial charge in [0.2, 0.25) is 5.91 Å². The van der Waals surface area contributed by atoms with Gasteiger partial charge >= 0.3 is 0 Å². The standard InChI is InChI=1S/C25H25N5O3/c1-32-22-15-18(8-9-21(22)30-12-10-27-11-13-30)28-25-29-20-7-3-6-19(23(20)33-25)16-4-2-5-17(14-16)24(26)31/h2-9,14-15,27H,10-13H2,1H3,(H2,26,31)(H,28,29). The Labute approximate surface area is 191 Å². The van der Waals surface area contributed by atoms with Crippen LogP contribution in [0.3, 0.4) is 0 Å². The average molecular weight is 444 g/mol. The van der Waals surface area contributed by atoms with Gasteiger partial charge in [-0.1, -0.05) is 24.3 Å². The second kappa shape index (κ2) is 8.84. The van der Waals surface area contributed by atoms with Crippen LogP contribution < -0.4 is 26.0 Å². The van der Waals surface area contributed by atoms with E-state index >= 15 is 0 Å². The lowest BCUT2D eigenvalue weighted by molar-refractivity contribution is 0.100. The summed E-state index contributed by atoms with van der Waals surface area (Å²) < 4.78 is 11.7. The number of fused-ring (bicyclic) bond motifs is 1. The number of methoxy groups -OCH3 is 1. The van der Waals surface area contributed by atoms with E-state index in [1.165, 1.54) is 0 Å². The minimum Gasteiger partial charge on any atom is -0.495 e. The van der Waals surface area contributed by atoms with E-state index in [1.807, 2.05) is 36.4 Å². The van der Waals surface area contributed by atoms with Crippen LogP contribution in [0.4, 0.5) is 17.4 Å². The number of nitrogens with two attached hydrogens (primary N) is 1. The third kappa shape index (κ3) is 4.20. The van der Waals surface area contributed by atoms with Crippen molar-refractivity contribution in [1.29, 1.82) is 0 Å². The van der Waals surface area contributed by atoms with Gasteiger partial charge in [0.05, 0.1) is 12.8 Å². The van der Waals surface area contributed by atoms with Gasteiger partial charge in [-0.25, -0.2) is 0 Å². The van der Waals surface area contributed by atoms with E-state index < -0.39 is 5.91 Å². The maximum Gasteiger partial charge on any atom is 0.300 e. The molecule has 1 fully saturated rings. The highest BCUT2D eigenvalue weighted by Crippen LogP contribution is 2.35. The molecule has 0 radical (unpaired) electrons. The molecule has 1 aliphatic heterocycles. The molecule has 0 spiro atoms. The van der Waals surface area contributed by atoms with Crippen molar-refractivity contribution >= 4 is 34.4 Å². The largest absolute Gasteiger partial charge is 0.495 e. The molecule has 1 saturated heterocycles. The zero-order valence-corrected chi connectivity index (χ0v) is 18.3. The van der Waals surface area contributed by atoms with Gasteiger partial charge in [-0.3, -0.25) is 4.79 Å². The van der Waals surface area contributed by atoms with Gasteiger partial charge in [-0.05, 0) is 35.9 Å². The Kier molecular flexibility index (Phi) is 5.58. The Morgan fingerprint density at radius 2 is 1.94 bits per heavy atom.